The Labute approximate surface area is 121 Å². The number of nitrogens with one attached hydrogen (secondary N) is 2. The van der Waals surface area contributed by atoms with Gasteiger partial charge in [-0.05, 0) is 18.1 Å². The van der Waals surface area contributed by atoms with E-state index < -0.39 is 12.0 Å². The highest BCUT2D eigenvalue weighted by molar-refractivity contribution is 5.86. The fourth-order valence-electron chi connectivity index (χ4n) is 2.78. The maximum Gasteiger partial charge on any atom is 0.326 e. The van der Waals surface area contributed by atoms with Crippen LogP contribution in [0.25, 0.3) is 10.9 Å². The van der Waals surface area contributed by atoms with Gasteiger partial charge in [-0.25, -0.2) is 9.59 Å². The molecule has 2 aromatic rings. The number of carboxylic acids is 1. The zero-order valence-electron chi connectivity index (χ0n) is 11.5. The number of carboxylic acid groups (broad SMARTS) is 1. The largest absolute Gasteiger partial charge is 0.480 e. The van der Waals surface area contributed by atoms with Crippen molar-refractivity contribution in [2.24, 2.45) is 0 Å². The Kier molecular flexibility index (Phi) is 3.51. The van der Waals surface area contributed by atoms with Gasteiger partial charge < -0.3 is 20.3 Å². The number of para-hydroxylation sites is 1. The number of rotatable bonds is 4. The van der Waals surface area contributed by atoms with Crippen molar-refractivity contribution in [3.63, 3.8) is 0 Å². The molecule has 0 bridgehead atoms. The molecule has 0 radical (unpaired) electrons. The number of urea groups is 1. The van der Waals surface area contributed by atoms with Crippen LogP contribution < -0.4 is 5.32 Å². The van der Waals surface area contributed by atoms with E-state index in [0.717, 1.165) is 22.9 Å². The van der Waals surface area contributed by atoms with Crippen LogP contribution in [0.5, 0.6) is 0 Å². The minimum absolute atomic E-state index is 0.298. The Morgan fingerprint density at radius 2 is 2.19 bits per heavy atom. The molecule has 0 saturated carbocycles. The number of hydrogen-bond acceptors (Lipinski definition) is 2. The van der Waals surface area contributed by atoms with Gasteiger partial charge in [-0.2, -0.15) is 0 Å². The van der Waals surface area contributed by atoms with E-state index in [1.165, 1.54) is 4.90 Å². The number of nitrogens with zero attached hydrogens (tertiary/aromatic N) is 1. The minimum Gasteiger partial charge on any atom is -0.480 e. The highest BCUT2D eigenvalue weighted by Gasteiger charge is 2.31. The lowest BCUT2D eigenvalue weighted by Gasteiger charge is -2.32. The van der Waals surface area contributed by atoms with Crippen molar-refractivity contribution in [1.29, 1.82) is 0 Å². The first-order valence-corrected chi connectivity index (χ1v) is 6.99. The topological polar surface area (TPSA) is 85.4 Å². The second-order valence-corrected chi connectivity index (χ2v) is 5.20. The summed E-state index contributed by atoms with van der Waals surface area (Å²) in [6.45, 7) is 1.08. The third-order valence-corrected chi connectivity index (χ3v) is 3.86. The summed E-state index contributed by atoms with van der Waals surface area (Å²) in [5.74, 6) is -0.975. The van der Waals surface area contributed by atoms with Crippen molar-refractivity contribution >= 4 is 22.9 Å². The predicted molar refractivity (Wildman–Crippen MR) is 78.1 cm³/mol. The summed E-state index contributed by atoms with van der Waals surface area (Å²) in [5.41, 5.74) is 1.89. The zero-order valence-corrected chi connectivity index (χ0v) is 11.5. The average molecular weight is 287 g/mol. The van der Waals surface area contributed by atoms with Gasteiger partial charge in [0.1, 0.15) is 6.04 Å². The average Bonchev–Trinajstić information content (AvgIpc) is 2.89. The summed E-state index contributed by atoms with van der Waals surface area (Å²) < 4.78 is 0. The third-order valence-electron chi connectivity index (χ3n) is 3.86. The van der Waals surface area contributed by atoms with Crippen LogP contribution in [-0.2, 0) is 11.2 Å². The van der Waals surface area contributed by atoms with E-state index in [2.05, 4.69) is 10.3 Å². The summed E-state index contributed by atoms with van der Waals surface area (Å²) >= 11 is 0. The van der Waals surface area contributed by atoms with Crippen molar-refractivity contribution in [2.75, 3.05) is 13.1 Å². The molecule has 1 saturated heterocycles. The number of aromatic nitrogens is 1. The fourth-order valence-corrected chi connectivity index (χ4v) is 2.78. The molecule has 1 atom stereocenters. The summed E-state index contributed by atoms with van der Waals surface area (Å²) in [5, 5.41) is 13.2. The first-order valence-electron chi connectivity index (χ1n) is 6.99. The van der Waals surface area contributed by atoms with E-state index in [0.29, 0.717) is 19.5 Å². The number of H-pyrrole nitrogens is 1. The van der Waals surface area contributed by atoms with Crippen LogP contribution in [0, 0.1) is 0 Å². The number of carbonyl (C=O) groups excluding carboxylic acids is 1. The number of benzene rings is 1. The lowest BCUT2D eigenvalue weighted by atomic mass is 10.0. The smallest absolute Gasteiger partial charge is 0.326 e. The lowest BCUT2D eigenvalue weighted by Crippen LogP contribution is -2.54. The zero-order chi connectivity index (χ0) is 14.8. The van der Waals surface area contributed by atoms with Crippen molar-refractivity contribution in [2.45, 2.75) is 18.9 Å². The molecule has 6 heteroatoms. The number of fused-ring (bicyclic) bond motifs is 1. The molecule has 21 heavy (non-hydrogen) atoms. The Hall–Kier alpha value is -2.50. The number of carbonyl (C=O) groups is 2. The fraction of sp³-hybridized carbons (Fsp3) is 0.333. The second-order valence-electron chi connectivity index (χ2n) is 5.20. The van der Waals surface area contributed by atoms with Gasteiger partial charge in [0.2, 0.25) is 0 Å². The first-order chi connectivity index (χ1) is 10.2. The van der Waals surface area contributed by atoms with E-state index >= 15 is 0 Å². The summed E-state index contributed by atoms with van der Waals surface area (Å²) in [4.78, 5) is 28.0. The molecule has 0 aliphatic carbocycles. The molecule has 3 N–H and O–H groups in total. The molecule has 2 amide bonds. The van der Waals surface area contributed by atoms with E-state index in [-0.39, 0.29) is 6.03 Å². The van der Waals surface area contributed by atoms with Crippen molar-refractivity contribution in [3.8, 4) is 0 Å². The van der Waals surface area contributed by atoms with Gasteiger partial charge in [0, 0.05) is 36.6 Å². The Morgan fingerprint density at radius 1 is 1.38 bits per heavy atom. The van der Waals surface area contributed by atoms with Gasteiger partial charge in [-0.1, -0.05) is 18.2 Å². The van der Waals surface area contributed by atoms with Gasteiger partial charge in [0.15, 0.2) is 0 Å². The molecular formula is C15H17N3O3. The molecule has 1 aromatic heterocycles. The van der Waals surface area contributed by atoms with E-state index in [4.69, 9.17) is 0 Å². The highest BCUT2D eigenvalue weighted by atomic mass is 16.4. The SMILES string of the molecule is O=C(O)C(Cc1c[nH]c2ccccc12)N1CCCNC1=O. The molecule has 110 valence electrons. The predicted octanol–water partition coefficient (Wildman–Crippen LogP) is 1.58. The van der Waals surface area contributed by atoms with Crippen LogP contribution in [0.15, 0.2) is 30.5 Å². The molecule has 1 aliphatic rings. The van der Waals surface area contributed by atoms with Crippen molar-refractivity contribution in [1.82, 2.24) is 15.2 Å². The molecule has 1 aliphatic heterocycles. The van der Waals surface area contributed by atoms with Crippen LogP contribution in [0.2, 0.25) is 0 Å². The third kappa shape index (κ3) is 2.56. The highest BCUT2D eigenvalue weighted by Crippen LogP contribution is 2.21. The number of aliphatic carboxylic acids is 1. The van der Waals surface area contributed by atoms with Crippen LogP contribution in [0.3, 0.4) is 0 Å². The molecule has 1 unspecified atom stereocenters. The first kappa shape index (κ1) is 13.5. The Bertz CT molecular complexity index is 680. The van der Waals surface area contributed by atoms with Gasteiger partial charge in [0.05, 0.1) is 0 Å². The van der Waals surface area contributed by atoms with Crippen LogP contribution in [0.1, 0.15) is 12.0 Å². The molecule has 2 heterocycles. The van der Waals surface area contributed by atoms with Gasteiger partial charge >= 0.3 is 12.0 Å². The molecule has 0 spiro atoms. The monoisotopic (exact) mass is 287 g/mol. The van der Waals surface area contributed by atoms with E-state index in [1.54, 1.807) is 0 Å². The van der Waals surface area contributed by atoms with Crippen LogP contribution in [-0.4, -0.2) is 46.1 Å². The van der Waals surface area contributed by atoms with Crippen LogP contribution >= 0.6 is 0 Å². The van der Waals surface area contributed by atoms with E-state index in [1.807, 2.05) is 30.5 Å². The van der Waals surface area contributed by atoms with E-state index in [9.17, 15) is 14.7 Å². The minimum atomic E-state index is -0.975. The van der Waals surface area contributed by atoms with Crippen LogP contribution in [0.4, 0.5) is 4.79 Å². The maximum absolute atomic E-state index is 11.9. The van der Waals surface area contributed by atoms with Gasteiger partial charge in [-0.3, -0.25) is 0 Å². The molecule has 1 aromatic carbocycles. The molecular weight excluding hydrogens is 270 g/mol. The molecule has 3 rings (SSSR count). The summed E-state index contributed by atoms with van der Waals surface area (Å²) in [6.07, 6.45) is 2.89. The Morgan fingerprint density at radius 3 is 2.95 bits per heavy atom. The number of amides is 2. The standard InChI is InChI=1S/C15H17N3O3/c19-14(20)13(18-7-3-6-16-15(18)21)8-10-9-17-12-5-2-1-4-11(10)12/h1-2,4-5,9,13,17H,3,6-8H2,(H,16,21)(H,19,20). The van der Waals surface area contributed by atoms with Gasteiger partial charge in [-0.15, -0.1) is 0 Å². The summed E-state index contributed by atoms with van der Waals surface area (Å²) in [6, 6.07) is 6.61. The Balaban J connectivity index is 1.88. The number of aromatic amines is 1. The second kappa shape index (κ2) is 5.47. The van der Waals surface area contributed by atoms with Crippen molar-refractivity contribution < 1.29 is 14.7 Å². The normalized spacial score (nSPS) is 16.8. The van der Waals surface area contributed by atoms with Crippen molar-refractivity contribution in [3.05, 3.63) is 36.0 Å². The van der Waals surface area contributed by atoms with Gasteiger partial charge in [0.25, 0.3) is 0 Å². The number of hydrogen-bond donors (Lipinski definition) is 3. The molecule has 6 nitrogen and oxygen atoms in total. The molecule has 1 fully saturated rings. The quantitative estimate of drug-likeness (QED) is 0.798. The lowest BCUT2D eigenvalue weighted by molar-refractivity contribution is -0.142. The summed E-state index contributed by atoms with van der Waals surface area (Å²) in [7, 11) is 0. The maximum atomic E-state index is 11.9.